The second-order valence-electron chi connectivity index (χ2n) is 12.0. The highest BCUT2D eigenvalue weighted by molar-refractivity contribution is 5.75. The third kappa shape index (κ3) is 36.9. The molecule has 39 heavy (non-hydrogen) atoms. The summed E-state index contributed by atoms with van der Waals surface area (Å²) in [7, 11) is 0. The zero-order chi connectivity index (χ0) is 28.3. The summed E-state index contributed by atoms with van der Waals surface area (Å²) >= 11 is 0. The van der Waals surface area contributed by atoms with E-state index in [1.165, 1.54) is 173 Å². The molecule has 0 radical (unpaired) electrons. The molecule has 0 fully saturated rings. The Morgan fingerprint density at radius 1 is 0.359 bits per heavy atom. The highest BCUT2D eigenvalue weighted by Gasteiger charge is 1.94. The SMILES string of the molecule is CCCCCCCCCCCCCCC/C=C/CCCCC/C=C/CCCCC/C=C/CCCCCC(C)=O. The molecule has 0 aromatic heterocycles. The average molecular weight is 543 g/mol. The van der Waals surface area contributed by atoms with Crippen molar-refractivity contribution in [1.29, 1.82) is 0 Å². The Labute approximate surface area is 246 Å². The molecule has 0 aliphatic rings. The van der Waals surface area contributed by atoms with E-state index in [4.69, 9.17) is 0 Å². The van der Waals surface area contributed by atoms with Crippen LogP contribution in [0, 0.1) is 0 Å². The summed E-state index contributed by atoms with van der Waals surface area (Å²) in [5.74, 6) is 0.328. The Morgan fingerprint density at radius 3 is 0.872 bits per heavy atom. The summed E-state index contributed by atoms with van der Waals surface area (Å²) in [6, 6.07) is 0. The fraction of sp³-hybridized carbons (Fsp3) is 0.816. The number of hydrogen-bond acceptors (Lipinski definition) is 1. The van der Waals surface area contributed by atoms with E-state index in [1.54, 1.807) is 6.92 Å². The minimum Gasteiger partial charge on any atom is -0.300 e. The Kier molecular flexibility index (Phi) is 33.9. The van der Waals surface area contributed by atoms with Crippen LogP contribution in [0.4, 0.5) is 0 Å². The van der Waals surface area contributed by atoms with Crippen LogP contribution in [-0.4, -0.2) is 5.78 Å². The monoisotopic (exact) mass is 543 g/mol. The normalized spacial score (nSPS) is 12.1. The molecule has 0 heterocycles. The van der Waals surface area contributed by atoms with Gasteiger partial charge < -0.3 is 4.79 Å². The first kappa shape index (κ1) is 37.9. The maximum absolute atomic E-state index is 10.9. The fourth-order valence-corrected chi connectivity index (χ4v) is 5.20. The maximum atomic E-state index is 10.9. The van der Waals surface area contributed by atoms with Gasteiger partial charge in [0.25, 0.3) is 0 Å². The first-order valence-corrected chi connectivity index (χ1v) is 17.7. The van der Waals surface area contributed by atoms with Gasteiger partial charge in [-0.05, 0) is 90.4 Å². The van der Waals surface area contributed by atoms with Crippen LogP contribution in [-0.2, 0) is 4.79 Å². The van der Waals surface area contributed by atoms with Gasteiger partial charge in [-0.1, -0.05) is 140 Å². The molecule has 0 aliphatic heterocycles. The molecule has 0 spiro atoms. The van der Waals surface area contributed by atoms with Gasteiger partial charge in [0.2, 0.25) is 0 Å². The van der Waals surface area contributed by atoms with E-state index in [1.807, 2.05) is 0 Å². The van der Waals surface area contributed by atoms with E-state index >= 15 is 0 Å². The predicted octanol–water partition coefficient (Wildman–Crippen LogP) is 13.6. The van der Waals surface area contributed by atoms with Crippen LogP contribution in [0.25, 0.3) is 0 Å². The molecule has 0 saturated carbocycles. The quantitative estimate of drug-likeness (QED) is 0.0610. The van der Waals surface area contributed by atoms with Crippen molar-refractivity contribution >= 4 is 5.78 Å². The highest BCUT2D eigenvalue weighted by atomic mass is 16.1. The van der Waals surface area contributed by atoms with E-state index in [-0.39, 0.29) is 0 Å². The van der Waals surface area contributed by atoms with E-state index in [0.717, 1.165) is 12.8 Å². The molecule has 0 amide bonds. The van der Waals surface area contributed by atoms with Crippen LogP contribution >= 0.6 is 0 Å². The summed E-state index contributed by atoms with van der Waals surface area (Å²) in [5, 5.41) is 0. The number of unbranched alkanes of at least 4 members (excludes halogenated alkanes) is 24. The van der Waals surface area contributed by atoms with E-state index < -0.39 is 0 Å². The first-order valence-electron chi connectivity index (χ1n) is 17.7. The van der Waals surface area contributed by atoms with E-state index in [9.17, 15) is 4.79 Å². The first-order chi connectivity index (χ1) is 19.3. The zero-order valence-corrected chi connectivity index (χ0v) is 26.9. The van der Waals surface area contributed by atoms with Gasteiger partial charge in [-0.2, -0.15) is 0 Å². The summed E-state index contributed by atoms with van der Waals surface area (Å²) < 4.78 is 0. The largest absolute Gasteiger partial charge is 0.300 e. The van der Waals surface area contributed by atoms with Crippen LogP contribution in [0.15, 0.2) is 36.5 Å². The minimum atomic E-state index is 0.328. The van der Waals surface area contributed by atoms with Crippen LogP contribution in [0.2, 0.25) is 0 Å². The Bertz CT molecular complexity index is 555. The summed E-state index contributed by atoms with van der Waals surface area (Å²) in [6.07, 6.45) is 53.0. The highest BCUT2D eigenvalue weighted by Crippen LogP contribution is 2.13. The van der Waals surface area contributed by atoms with Crippen molar-refractivity contribution in [3.8, 4) is 0 Å². The number of allylic oxidation sites excluding steroid dienone is 6. The van der Waals surface area contributed by atoms with Crippen molar-refractivity contribution in [2.24, 2.45) is 0 Å². The van der Waals surface area contributed by atoms with Crippen molar-refractivity contribution in [3.63, 3.8) is 0 Å². The Morgan fingerprint density at radius 2 is 0.590 bits per heavy atom. The number of rotatable bonds is 32. The van der Waals surface area contributed by atoms with Crippen molar-refractivity contribution in [2.75, 3.05) is 0 Å². The predicted molar refractivity (Wildman–Crippen MR) is 178 cm³/mol. The molecule has 0 unspecified atom stereocenters. The topological polar surface area (TPSA) is 17.1 Å². The lowest BCUT2D eigenvalue weighted by Gasteiger charge is -2.02. The molecule has 0 N–H and O–H groups in total. The third-order valence-electron chi connectivity index (χ3n) is 7.86. The van der Waals surface area contributed by atoms with E-state index in [2.05, 4.69) is 43.4 Å². The van der Waals surface area contributed by atoms with Crippen molar-refractivity contribution in [2.45, 2.75) is 200 Å². The van der Waals surface area contributed by atoms with Crippen LogP contribution in [0.5, 0.6) is 0 Å². The fourth-order valence-electron chi connectivity index (χ4n) is 5.20. The van der Waals surface area contributed by atoms with Gasteiger partial charge in [-0.3, -0.25) is 0 Å². The molecule has 0 saturated heterocycles. The van der Waals surface area contributed by atoms with Crippen LogP contribution in [0.1, 0.15) is 200 Å². The van der Waals surface area contributed by atoms with Gasteiger partial charge >= 0.3 is 0 Å². The molecule has 1 heteroatoms. The number of ketones is 1. The number of hydrogen-bond donors (Lipinski definition) is 0. The van der Waals surface area contributed by atoms with Crippen molar-refractivity contribution < 1.29 is 4.79 Å². The lowest BCUT2D eigenvalue weighted by Crippen LogP contribution is -1.88. The molecule has 0 rings (SSSR count). The van der Waals surface area contributed by atoms with Crippen LogP contribution in [0.3, 0.4) is 0 Å². The molecule has 228 valence electrons. The molecule has 0 bridgehead atoms. The Hall–Kier alpha value is -1.11. The molecular formula is C38H70O. The van der Waals surface area contributed by atoms with Gasteiger partial charge in [0.05, 0.1) is 0 Å². The maximum Gasteiger partial charge on any atom is 0.129 e. The molecule has 0 aliphatic carbocycles. The number of carbonyl (C=O) groups is 1. The Balaban J connectivity index is 3.19. The zero-order valence-electron chi connectivity index (χ0n) is 26.9. The lowest BCUT2D eigenvalue weighted by molar-refractivity contribution is -0.117. The summed E-state index contributed by atoms with van der Waals surface area (Å²) in [5.41, 5.74) is 0. The standard InChI is InChI=1S/C38H70O/c1-3-4-5-6-7-8-9-10-11-12-13-14-15-16-17-18-19-20-21-22-23-24-25-26-27-28-29-30-31-32-33-34-35-36-37-38(2)39/h17-18,24-25,31-32H,3-16,19-23,26-30,33-37H2,1-2H3/b18-17+,25-24+,32-31+. The average Bonchev–Trinajstić information content (AvgIpc) is 2.93. The van der Waals surface area contributed by atoms with Crippen molar-refractivity contribution in [3.05, 3.63) is 36.5 Å². The smallest absolute Gasteiger partial charge is 0.129 e. The van der Waals surface area contributed by atoms with Crippen LogP contribution < -0.4 is 0 Å². The number of carbonyl (C=O) groups excluding carboxylic acids is 1. The van der Waals surface area contributed by atoms with Gasteiger partial charge in [-0.25, -0.2) is 0 Å². The van der Waals surface area contributed by atoms with Gasteiger partial charge in [0.1, 0.15) is 5.78 Å². The van der Waals surface area contributed by atoms with Crippen molar-refractivity contribution in [1.82, 2.24) is 0 Å². The molecule has 0 aromatic rings. The van der Waals surface area contributed by atoms with Gasteiger partial charge in [0.15, 0.2) is 0 Å². The second-order valence-corrected chi connectivity index (χ2v) is 12.0. The second kappa shape index (κ2) is 34.9. The molecular weight excluding hydrogens is 472 g/mol. The molecule has 0 aromatic carbocycles. The molecule has 1 nitrogen and oxygen atoms in total. The summed E-state index contributed by atoms with van der Waals surface area (Å²) in [6.45, 7) is 3.99. The minimum absolute atomic E-state index is 0.328. The van der Waals surface area contributed by atoms with Gasteiger partial charge in [0, 0.05) is 6.42 Å². The lowest BCUT2D eigenvalue weighted by atomic mass is 10.0. The summed E-state index contributed by atoms with van der Waals surface area (Å²) in [4.78, 5) is 10.9. The van der Waals surface area contributed by atoms with E-state index in [0.29, 0.717) is 5.78 Å². The number of Topliss-reactive ketones (excluding diaryl/α,β-unsaturated/α-hetero) is 1. The van der Waals surface area contributed by atoms with Gasteiger partial charge in [-0.15, -0.1) is 0 Å². The third-order valence-corrected chi connectivity index (χ3v) is 7.86. The molecule has 0 atom stereocenters.